The molecule has 0 aliphatic carbocycles. The van der Waals surface area contributed by atoms with Crippen molar-refractivity contribution in [2.75, 3.05) is 55.0 Å². The third kappa shape index (κ3) is 7.71. The lowest BCUT2D eigenvalue weighted by Gasteiger charge is -2.30. The number of benzene rings is 3. The highest BCUT2D eigenvalue weighted by atomic mass is 32.2. The fourth-order valence-electron chi connectivity index (χ4n) is 4.54. The number of carbonyl (C=O) groups is 5. The minimum absolute atomic E-state index is 0.152. The van der Waals surface area contributed by atoms with Crippen LogP contribution in [0.25, 0.3) is 6.08 Å². The van der Waals surface area contributed by atoms with Crippen molar-refractivity contribution in [3.63, 3.8) is 0 Å². The first-order chi connectivity index (χ1) is 21.3. The Labute approximate surface area is 258 Å². The summed E-state index contributed by atoms with van der Waals surface area (Å²) in [5.74, 6) is -2.23. The number of anilines is 3. The highest BCUT2D eigenvalue weighted by molar-refractivity contribution is 8.18. The lowest BCUT2D eigenvalue weighted by atomic mass is 10.1. The molecule has 3 aromatic rings. The molecule has 0 radical (unpaired) electrons. The van der Waals surface area contributed by atoms with Crippen molar-refractivity contribution in [1.82, 2.24) is 4.90 Å². The number of nitrogens with zero attached hydrogens (tertiary/aromatic N) is 2. The van der Waals surface area contributed by atoms with Crippen molar-refractivity contribution in [2.45, 2.75) is 6.92 Å². The average molecular weight is 615 g/mol. The number of ether oxygens (including phenoxy) is 2. The second-order valence-corrected chi connectivity index (χ2v) is 11.0. The first-order valence-corrected chi connectivity index (χ1v) is 14.7. The smallest absolute Gasteiger partial charge is 0.338 e. The summed E-state index contributed by atoms with van der Waals surface area (Å²) >= 11 is 0.734. The molecule has 11 nitrogen and oxygen atoms in total. The number of imide groups is 1. The van der Waals surface area contributed by atoms with E-state index in [1.54, 1.807) is 36.4 Å². The molecule has 12 heteroatoms. The summed E-state index contributed by atoms with van der Waals surface area (Å²) in [6.45, 7) is 3.61. The molecule has 2 fully saturated rings. The molecular weight excluding hydrogens is 584 g/mol. The Morgan fingerprint density at radius 2 is 1.61 bits per heavy atom. The van der Waals surface area contributed by atoms with Crippen molar-refractivity contribution in [1.29, 1.82) is 0 Å². The van der Waals surface area contributed by atoms with Crippen LogP contribution in [0, 0.1) is 6.92 Å². The van der Waals surface area contributed by atoms with Gasteiger partial charge in [-0.2, -0.15) is 0 Å². The molecule has 2 aliphatic rings. The van der Waals surface area contributed by atoms with E-state index in [2.05, 4.69) is 15.5 Å². The third-order valence-electron chi connectivity index (χ3n) is 6.82. The minimum atomic E-state index is -0.683. The zero-order valence-electron chi connectivity index (χ0n) is 23.9. The molecular formula is C32H30N4O7S. The maximum absolute atomic E-state index is 13.0. The molecule has 226 valence electrons. The van der Waals surface area contributed by atoms with E-state index in [9.17, 15) is 24.0 Å². The molecule has 0 bridgehead atoms. The maximum Gasteiger partial charge on any atom is 0.338 e. The van der Waals surface area contributed by atoms with Crippen LogP contribution in [-0.2, 0) is 23.9 Å². The van der Waals surface area contributed by atoms with Crippen LogP contribution in [0.2, 0.25) is 0 Å². The van der Waals surface area contributed by atoms with Gasteiger partial charge in [0.05, 0.1) is 35.1 Å². The van der Waals surface area contributed by atoms with Crippen LogP contribution in [0.3, 0.4) is 0 Å². The van der Waals surface area contributed by atoms with Crippen LogP contribution in [0.4, 0.5) is 21.9 Å². The molecule has 0 atom stereocenters. The molecule has 44 heavy (non-hydrogen) atoms. The van der Waals surface area contributed by atoms with Crippen molar-refractivity contribution in [3.8, 4) is 0 Å². The SMILES string of the molecule is Cc1ccc(NC(=O)COC(=O)c2ccc(/C=C3\SC(=O)N(CC(=O)Nc4ccccc4N4CCOCC4)C3=O)cc2)cc1. The van der Waals surface area contributed by atoms with Crippen molar-refractivity contribution >= 4 is 63.8 Å². The van der Waals surface area contributed by atoms with E-state index in [4.69, 9.17) is 9.47 Å². The second kappa shape index (κ2) is 14.0. The standard InChI is InChI=1S/C32H30N4O7S/c1-21-6-12-24(13-7-21)33-29(38)20-43-31(40)23-10-8-22(9-11-23)18-27-30(39)36(32(41)44-27)19-28(37)34-25-4-2-3-5-26(25)35-14-16-42-17-15-35/h2-13,18H,14-17,19-20H2,1H3,(H,33,38)(H,34,37)/b27-18-. The number of aryl methyl sites for hydroxylation is 1. The first kappa shape index (κ1) is 30.5. The number of carbonyl (C=O) groups excluding carboxylic acids is 5. The number of hydrogen-bond acceptors (Lipinski definition) is 9. The van der Waals surface area contributed by atoms with Gasteiger partial charge in [0, 0.05) is 18.8 Å². The Bertz CT molecular complexity index is 1600. The van der Waals surface area contributed by atoms with Crippen molar-refractivity contribution in [2.24, 2.45) is 0 Å². The summed E-state index contributed by atoms with van der Waals surface area (Å²) in [5, 5.41) is 4.93. The van der Waals surface area contributed by atoms with Gasteiger partial charge in [0.1, 0.15) is 6.54 Å². The Balaban J connectivity index is 1.14. The van der Waals surface area contributed by atoms with E-state index in [0.29, 0.717) is 43.2 Å². The maximum atomic E-state index is 13.0. The van der Waals surface area contributed by atoms with E-state index in [1.165, 1.54) is 18.2 Å². The van der Waals surface area contributed by atoms with Crippen molar-refractivity contribution < 1.29 is 33.4 Å². The summed E-state index contributed by atoms with van der Waals surface area (Å²) in [4.78, 5) is 66.2. The van der Waals surface area contributed by atoms with Gasteiger partial charge in [-0.15, -0.1) is 0 Å². The highest BCUT2D eigenvalue weighted by Crippen LogP contribution is 2.32. The largest absolute Gasteiger partial charge is 0.452 e. The second-order valence-electron chi connectivity index (χ2n) is 10.0. The number of amides is 4. The summed E-state index contributed by atoms with van der Waals surface area (Å²) in [6.07, 6.45) is 1.51. The van der Waals surface area contributed by atoms with E-state index in [-0.39, 0.29) is 10.5 Å². The Hall–Kier alpha value is -4.94. The molecule has 2 aliphatic heterocycles. The van der Waals surface area contributed by atoms with Gasteiger partial charge in [0.2, 0.25) is 5.91 Å². The fraction of sp³-hybridized carbons (Fsp3) is 0.219. The summed E-state index contributed by atoms with van der Waals surface area (Å²) in [6, 6.07) is 20.7. The normalized spacial score (nSPS) is 15.8. The van der Waals surface area contributed by atoms with Crippen LogP contribution in [0.1, 0.15) is 21.5 Å². The Morgan fingerprint density at radius 1 is 0.909 bits per heavy atom. The highest BCUT2D eigenvalue weighted by Gasteiger charge is 2.36. The van der Waals surface area contributed by atoms with Gasteiger partial charge in [-0.3, -0.25) is 24.1 Å². The molecule has 2 N–H and O–H groups in total. The summed E-state index contributed by atoms with van der Waals surface area (Å²) < 4.78 is 10.5. The topological polar surface area (TPSA) is 134 Å². The third-order valence-corrected chi connectivity index (χ3v) is 7.73. The van der Waals surface area contributed by atoms with Crippen LogP contribution in [0.5, 0.6) is 0 Å². The molecule has 0 aromatic heterocycles. The van der Waals surface area contributed by atoms with Crippen LogP contribution < -0.4 is 15.5 Å². The lowest BCUT2D eigenvalue weighted by molar-refractivity contribution is -0.127. The molecule has 2 heterocycles. The van der Waals surface area contributed by atoms with Crippen LogP contribution in [-0.4, -0.2) is 73.3 Å². The predicted molar refractivity (Wildman–Crippen MR) is 167 cm³/mol. The number of thioether (sulfide) groups is 1. The minimum Gasteiger partial charge on any atom is -0.452 e. The number of morpholine rings is 1. The van der Waals surface area contributed by atoms with Gasteiger partial charge in [-0.05, 0) is 66.7 Å². The summed E-state index contributed by atoms with van der Waals surface area (Å²) in [5.41, 5.74) is 3.86. The zero-order valence-corrected chi connectivity index (χ0v) is 24.7. The van der Waals surface area contributed by atoms with E-state index < -0.39 is 42.1 Å². The van der Waals surface area contributed by atoms with E-state index in [0.717, 1.165) is 27.9 Å². The Kier molecular flexibility index (Phi) is 9.72. The number of hydrogen-bond donors (Lipinski definition) is 2. The average Bonchev–Trinajstić information content (AvgIpc) is 3.29. The number of rotatable bonds is 9. The molecule has 0 saturated carbocycles. The Morgan fingerprint density at radius 3 is 2.34 bits per heavy atom. The van der Waals surface area contributed by atoms with E-state index in [1.807, 2.05) is 31.2 Å². The first-order valence-electron chi connectivity index (χ1n) is 13.9. The van der Waals surface area contributed by atoms with E-state index >= 15 is 0 Å². The number of para-hydroxylation sites is 2. The van der Waals surface area contributed by atoms with Gasteiger partial charge in [0.15, 0.2) is 6.61 Å². The van der Waals surface area contributed by atoms with Gasteiger partial charge in [0.25, 0.3) is 17.1 Å². The van der Waals surface area contributed by atoms with Gasteiger partial charge in [-0.25, -0.2) is 4.79 Å². The van der Waals surface area contributed by atoms with Gasteiger partial charge >= 0.3 is 5.97 Å². The van der Waals surface area contributed by atoms with Gasteiger partial charge < -0.3 is 25.0 Å². The molecule has 3 aromatic carbocycles. The molecule has 4 amide bonds. The van der Waals surface area contributed by atoms with Gasteiger partial charge in [-0.1, -0.05) is 42.0 Å². The fourth-order valence-corrected chi connectivity index (χ4v) is 5.38. The molecule has 0 unspecified atom stereocenters. The monoisotopic (exact) mass is 614 g/mol. The molecule has 5 rings (SSSR count). The lowest BCUT2D eigenvalue weighted by Crippen LogP contribution is -2.38. The quantitative estimate of drug-likeness (QED) is 0.267. The predicted octanol–water partition coefficient (Wildman–Crippen LogP) is 4.30. The van der Waals surface area contributed by atoms with Crippen LogP contribution >= 0.6 is 11.8 Å². The summed E-state index contributed by atoms with van der Waals surface area (Å²) in [7, 11) is 0. The number of nitrogens with one attached hydrogen (secondary N) is 2. The molecule has 0 spiro atoms. The van der Waals surface area contributed by atoms with Crippen molar-refractivity contribution in [3.05, 3.63) is 94.4 Å². The molecule has 2 saturated heterocycles. The zero-order chi connectivity index (χ0) is 31.1. The van der Waals surface area contributed by atoms with Crippen LogP contribution in [0.15, 0.2) is 77.7 Å². The number of esters is 1.